The Morgan fingerprint density at radius 2 is 1.89 bits per heavy atom. The number of nitro groups is 1. The van der Waals surface area contributed by atoms with Crippen LogP contribution in [-0.2, 0) is 16.1 Å². The van der Waals surface area contributed by atoms with Gasteiger partial charge in [0.1, 0.15) is 5.69 Å². The van der Waals surface area contributed by atoms with Crippen LogP contribution in [-0.4, -0.2) is 42.4 Å². The number of carbonyl (C=O) groups is 2. The highest BCUT2D eigenvalue weighted by Crippen LogP contribution is 2.26. The predicted octanol–water partition coefficient (Wildman–Crippen LogP) is 3.23. The number of amides is 1. The predicted molar refractivity (Wildman–Crippen MR) is 105 cm³/mol. The molecule has 0 aromatic heterocycles. The Morgan fingerprint density at radius 1 is 1.18 bits per heavy atom. The molecular formula is C20H23N3O5. The summed E-state index contributed by atoms with van der Waals surface area (Å²) < 4.78 is 4.56. The molecule has 0 fully saturated rings. The first-order valence-corrected chi connectivity index (χ1v) is 8.81. The van der Waals surface area contributed by atoms with Crippen LogP contribution in [0, 0.1) is 10.1 Å². The first-order valence-electron chi connectivity index (χ1n) is 8.81. The maximum absolute atomic E-state index is 12.5. The van der Waals surface area contributed by atoms with Crippen LogP contribution in [0.5, 0.6) is 0 Å². The average Bonchev–Trinajstić information content (AvgIpc) is 2.71. The van der Waals surface area contributed by atoms with Gasteiger partial charge in [0, 0.05) is 38.2 Å². The van der Waals surface area contributed by atoms with Crippen molar-refractivity contribution in [1.82, 2.24) is 4.90 Å². The average molecular weight is 385 g/mol. The largest absolute Gasteiger partial charge is 0.469 e. The van der Waals surface area contributed by atoms with Crippen LogP contribution in [0.1, 0.15) is 28.8 Å². The molecule has 0 spiro atoms. The first-order chi connectivity index (χ1) is 13.4. The number of hydrogen-bond acceptors (Lipinski definition) is 6. The number of nitro benzene ring substituents is 1. The number of nitrogens with zero attached hydrogens (tertiary/aromatic N) is 2. The van der Waals surface area contributed by atoms with E-state index in [2.05, 4.69) is 10.1 Å². The van der Waals surface area contributed by atoms with E-state index in [9.17, 15) is 19.7 Å². The fraction of sp³-hybridized carbons (Fsp3) is 0.300. The molecule has 28 heavy (non-hydrogen) atoms. The molecule has 2 aromatic rings. The Morgan fingerprint density at radius 3 is 2.54 bits per heavy atom. The quantitative estimate of drug-likeness (QED) is 0.404. The van der Waals surface area contributed by atoms with Crippen LogP contribution in [0.4, 0.5) is 11.4 Å². The van der Waals surface area contributed by atoms with E-state index in [1.165, 1.54) is 24.1 Å². The van der Waals surface area contributed by atoms with Crippen LogP contribution in [0.25, 0.3) is 0 Å². The smallest absolute Gasteiger partial charge is 0.305 e. The lowest BCUT2D eigenvalue weighted by molar-refractivity contribution is -0.384. The lowest BCUT2D eigenvalue weighted by Gasteiger charge is -2.17. The van der Waals surface area contributed by atoms with E-state index in [0.29, 0.717) is 25.2 Å². The number of hydrogen-bond donors (Lipinski definition) is 1. The van der Waals surface area contributed by atoms with Gasteiger partial charge < -0.3 is 15.0 Å². The number of benzene rings is 2. The topological polar surface area (TPSA) is 102 Å². The first kappa shape index (κ1) is 20.9. The molecule has 8 nitrogen and oxygen atoms in total. The Bertz CT molecular complexity index is 839. The van der Waals surface area contributed by atoms with Gasteiger partial charge in [-0.2, -0.15) is 0 Å². The molecule has 1 N–H and O–H groups in total. The van der Waals surface area contributed by atoms with Gasteiger partial charge in [-0.25, -0.2) is 0 Å². The standard InChI is InChI=1S/C20H23N3O5/c1-22(12-6-9-19(24)28-2)20(25)16-10-11-17(18(13-16)23(26)27)21-14-15-7-4-3-5-8-15/h3-5,7-8,10-11,13,21H,6,9,12,14H2,1-2H3. The van der Waals surface area contributed by atoms with Crippen LogP contribution < -0.4 is 5.32 Å². The zero-order chi connectivity index (χ0) is 20.5. The summed E-state index contributed by atoms with van der Waals surface area (Å²) in [6.45, 7) is 0.776. The van der Waals surface area contributed by atoms with Gasteiger partial charge in [-0.15, -0.1) is 0 Å². The van der Waals surface area contributed by atoms with Gasteiger partial charge in [-0.1, -0.05) is 30.3 Å². The molecule has 0 saturated carbocycles. The summed E-state index contributed by atoms with van der Waals surface area (Å²) in [5, 5.41) is 14.5. The van der Waals surface area contributed by atoms with Gasteiger partial charge in [0.05, 0.1) is 12.0 Å². The number of nitrogens with one attached hydrogen (secondary N) is 1. The van der Waals surface area contributed by atoms with Crippen molar-refractivity contribution < 1.29 is 19.2 Å². The molecule has 0 aliphatic carbocycles. The lowest BCUT2D eigenvalue weighted by Crippen LogP contribution is -2.28. The van der Waals surface area contributed by atoms with Gasteiger partial charge in [-0.3, -0.25) is 19.7 Å². The molecule has 0 aliphatic rings. The van der Waals surface area contributed by atoms with Crippen LogP contribution in [0.3, 0.4) is 0 Å². The molecule has 0 atom stereocenters. The molecule has 148 valence electrons. The van der Waals surface area contributed by atoms with Crippen LogP contribution in [0.2, 0.25) is 0 Å². The summed E-state index contributed by atoms with van der Waals surface area (Å²) in [6, 6.07) is 13.9. The fourth-order valence-electron chi connectivity index (χ4n) is 2.64. The van der Waals surface area contributed by atoms with E-state index in [1.54, 1.807) is 13.1 Å². The van der Waals surface area contributed by atoms with E-state index in [-0.39, 0.29) is 29.5 Å². The number of anilines is 1. The third-order valence-corrected chi connectivity index (χ3v) is 4.22. The molecular weight excluding hydrogens is 362 g/mol. The molecule has 8 heteroatoms. The van der Waals surface area contributed by atoms with Crippen molar-refractivity contribution in [3.05, 3.63) is 69.8 Å². The second-order valence-electron chi connectivity index (χ2n) is 6.23. The van der Waals surface area contributed by atoms with E-state index < -0.39 is 4.92 Å². The molecule has 2 rings (SSSR count). The minimum atomic E-state index is -0.513. The lowest BCUT2D eigenvalue weighted by atomic mass is 10.1. The van der Waals surface area contributed by atoms with Crippen molar-refractivity contribution in [1.29, 1.82) is 0 Å². The fourth-order valence-corrected chi connectivity index (χ4v) is 2.64. The zero-order valence-corrected chi connectivity index (χ0v) is 15.9. The monoisotopic (exact) mass is 385 g/mol. The van der Waals surface area contributed by atoms with Gasteiger partial charge in [0.15, 0.2) is 0 Å². The molecule has 0 unspecified atom stereocenters. The van der Waals surface area contributed by atoms with Crippen LogP contribution in [0.15, 0.2) is 48.5 Å². The zero-order valence-electron chi connectivity index (χ0n) is 15.9. The number of ether oxygens (including phenoxy) is 1. The molecule has 0 heterocycles. The van der Waals surface area contributed by atoms with Crippen molar-refractivity contribution >= 4 is 23.3 Å². The van der Waals surface area contributed by atoms with Gasteiger partial charge in [-0.05, 0) is 24.1 Å². The summed E-state index contributed by atoms with van der Waals surface area (Å²) in [5.74, 6) is -0.687. The molecule has 0 radical (unpaired) electrons. The number of methoxy groups -OCH3 is 1. The third kappa shape index (κ3) is 5.80. The van der Waals surface area contributed by atoms with Crippen molar-refractivity contribution in [2.45, 2.75) is 19.4 Å². The SMILES string of the molecule is COC(=O)CCCN(C)C(=O)c1ccc(NCc2ccccc2)c([N+](=O)[O-])c1. The van der Waals surface area contributed by atoms with E-state index >= 15 is 0 Å². The summed E-state index contributed by atoms with van der Waals surface area (Å²) >= 11 is 0. The maximum atomic E-state index is 12.5. The Labute approximate surface area is 163 Å². The van der Waals surface area contributed by atoms with Crippen molar-refractivity contribution in [2.24, 2.45) is 0 Å². The Hall–Kier alpha value is -3.42. The highest BCUT2D eigenvalue weighted by molar-refractivity contribution is 5.95. The van der Waals surface area contributed by atoms with E-state index in [1.807, 2.05) is 30.3 Å². The third-order valence-electron chi connectivity index (χ3n) is 4.22. The summed E-state index contributed by atoms with van der Waals surface area (Å²) in [7, 11) is 2.90. The summed E-state index contributed by atoms with van der Waals surface area (Å²) in [6.07, 6.45) is 0.657. The Kier molecular flexibility index (Phi) is 7.50. The number of esters is 1. The van der Waals surface area contributed by atoms with Crippen molar-refractivity contribution in [2.75, 3.05) is 26.0 Å². The normalized spacial score (nSPS) is 10.2. The maximum Gasteiger partial charge on any atom is 0.305 e. The van der Waals surface area contributed by atoms with E-state index in [4.69, 9.17) is 0 Å². The summed E-state index contributed by atoms with van der Waals surface area (Å²) in [5.41, 5.74) is 1.39. The summed E-state index contributed by atoms with van der Waals surface area (Å²) in [4.78, 5) is 36.0. The number of carbonyl (C=O) groups excluding carboxylic acids is 2. The highest BCUT2D eigenvalue weighted by Gasteiger charge is 2.19. The van der Waals surface area contributed by atoms with Crippen molar-refractivity contribution in [3.8, 4) is 0 Å². The molecule has 0 bridgehead atoms. The van der Waals surface area contributed by atoms with Gasteiger partial charge in [0.25, 0.3) is 11.6 Å². The molecule has 2 aromatic carbocycles. The number of rotatable bonds is 9. The van der Waals surface area contributed by atoms with Gasteiger partial charge >= 0.3 is 5.97 Å². The van der Waals surface area contributed by atoms with E-state index in [0.717, 1.165) is 5.56 Å². The minimum absolute atomic E-state index is 0.162. The molecule has 0 aliphatic heterocycles. The minimum Gasteiger partial charge on any atom is -0.469 e. The van der Waals surface area contributed by atoms with Crippen molar-refractivity contribution in [3.63, 3.8) is 0 Å². The molecule has 0 saturated heterocycles. The van der Waals surface area contributed by atoms with Crippen LogP contribution >= 0.6 is 0 Å². The Balaban J connectivity index is 2.07. The second kappa shape index (κ2) is 10.1. The highest BCUT2D eigenvalue weighted by atomic mass is 16.6. The second-order valence-corrected chi connectivity index (χ2v) is 6.23. The molecule has 1 amide bonds. The van der Waals surface area contributed by atoms with Gasteiger partial charge in [0.2, 0.25) is 0 Å².